The predicted molar refractivity (Wildman–Crippen MR) is 114 cm³/mol. The Balaban J connectivity index is 2.09. The lowest BCUT2D eigenvalue weighted by Crippen LogP contribution is -2.47. The van der Waals surface area contributed by atoms with E-state index in [1.807, 2.05) is 6.07 Å². The van der Waals surface area contributed by atoms with Crippen LogP contribution >= 0.6 is 0 Å². The van der Waals surface area contributed by atoms with Gasteiger partial charge in [-0.1, -0.05) is 30.3 Å². The molecule has 0 heterocycles. The monoisotopic (exact) mass is 429 g/mol. The highest BCUT2D eigenvalue weighted by atomic mass is 16.6. The number of rotatable bonds is 8. The number of amides is 3. The molecule has 166 valence electrons. The SMILES string of the molecule is CC(C)(C)OC(=O)N[C@@H](Cc1ccc(OCC(=O)NO)cc1)C(=O)Nc1ccccc1. The summed E-state index contributed by atoms with van der Waals surface area (Å²) in [5.74, 6) is -0.655. The van der Waals surface area contributed by atoms with E-state index in [-0.39, 0.29) is 13.0 Å². The summed E-state index contributed by atoms with van der Waals surface area (Å²) in [6.45, 7) is 4.88. The summed E-state index contributed by atoms with van der Waals surface area (Å²) in [5, 5.41) is 13.9. The van der Waals surface area contributed by atoms with E-state index >= 15 is 0 Å². The van der Waals surface area contributed by atoms with Gasteiger partial charge in [0.15, 0.2) is 6.61 Å². The minimum absolute atomic E-state index is 0.204. The van der Waals surface area contributed by atoms with Gasteiger partial charge in [-0.05, 0) is 50.6 Å². The van der Waals surface area contributed by atoms with E-state index in [1.54, 1.807) is 69.3 Å². The van der Waals surface area contributed by atoms with Crippen LogP contribution in [0, 0.1) is 0 Å². The number of carbonyl (C=O) groups excluding carboxylic acids is 3. The summed E-state index contributed by atoms with van der Waals surface area (Å²) in [7, 11) is 0. The van der Waals surface area contributed by atoms with E-state index in [0.717, 1.165) is 5.56 Å². The maximum Gasteiger partial charge on any atom is 0.408 e. The Kier molecular flexibility index (Phi) is 8.39. The molecule has 0 saturated carbocycles. The molecule has 1 atom stereocenters. The number of anilines is 1. The normalized spacial score (nSPS) is 11.7. The number of ether oxygens (including phenoxy) is 2. The third-order valence-corrected chi connectivity index (χ3v) is 3.91. The van der Waals surface area contributed by atoms with E-state index in [0.29, 0.717) is 11.4 Å². The smallest absolute Gasteiger partial charge is 0.408 e. The molecule has 0 unspecified atom stereocenters. The number of benzene rings is 2. The van der Waals surface area contributed by atoms with E-state index in [1.165, 1.54) is 5.48 Å². The first-order chi connectivity index (χ1) is 14.7. The van der Waals surface area contributed by atoms with Gasteiger partial charge in [-0.2, -0.15) is 0 Å². The molecule has 0 aliphatic carbocycles. The van der Waals surface area contributed by atoms with Gasteiger partial charge in [0.2, 0.25) is 5.91 Å². The second-order valence-electron chi connectivity index (χ2n) is 7.73. The van der Waals surface area contributed by atoms with Crippen LogP contribution in [0.4, 0.5) is 10.5 Å². The van der Waals surface area contributed by atoms with Crippen LogP contribution < -0.4 is 20.9 Å². The zero-order chi connectivity index (χ0) is 22.9. The van der Waals surface area contributed by atoms with Gasteiger partial charge >= 0.3 is 6.09 Å². The van der Waals surface area contributed by atoms with Crippen LogP contribution in [0.2, 0.25) is 0 Å². The lowest BCUT2D eigenvalue weighted by atomic mass is 10.0. The molecule has 0 bridgehead atoms. The van der Waals surface area contributed by atoms with Gasteiger partial charge in [-0.15, -0.1) is 0 Å². The Hall–Kier alpha value is -3.59. The van der Waals surface area contributed by atoms with Crippen LogP contribution in [0.15, 0.2) is 54.6 Å². The zero-order valence-electron chi connectivity index (χ0n) is 17.7. The molecule has 0 radical (unpaired) electrons. The van der Waals surface area contributed by atoms with Crippen LogP contribution in [0.3, 0.4) is 0 Å². The molecule has 0 aromatic heterocycles. The second-order valence-corrected chi connectivity index (χ2v) is 7.73. The summed E-state index contributed by atoms with van der Waals surface area (Å²) in [6, 6.07) is 14.7. The van der Waals surface area contributed by atoms with Gasteiger partial charge in [0.1, 0.15) is 17.4 Å². The molecule has 9 heteroatoms. The van der Waals surface area contributed by atoms with Gasteiger partial charge in [0.25, 0.3) is 5.91 Å². The standard InChI is InChI=1S/C22H27N3O6/c1-22(2,3)31-21(28)24-18(20(27)23-16-7-5-4-6-8-16)13-15-9-11-17(12-10-15)30-14-19(26)25-29/h4-12,18,29H,13-14H2,1-3H3,(H,23,27)(H,24,28)(H,25,26)/t18-/m0/s1. The number of alkyl carbamates (subject to hydrolysis) is 1. The van der Waals surface area contributed by atoms with Crippen molar-refractivity contribution in [1.82, 2.24) is 10.8 Å². The first kappa shape index (κ1) is 23.7. The molecule has 0 spiro atoms. The minimum atomic E-state index is -0.887. The number of para-hydroxylation sites is 1. The van der Waals surface area contributed by atoms with Crippen LogP contribution in [-0.4, -0.2) is 41.4 Å². The molecule has 9 nitrogen and oxygen atoms in total. The van der Waals surface area contributed by atoms with E-state index in [9.17, 15) is 14.4 Å². The largest absolute Gasteiger partial charge is 0.484 e. The third kappa shape index (κ3) is 8.75. The number of carbonyl (C=O) groups is 3. The fraction of sp³-hybridized carbons (Fsp3) is 0.318. The average molecular weight is 429 g/mol. The number of hydroxylamine groups is 1. The maximum absolute atomic E-state index is 12.8. The summed E-state index contributed by atoms with van der Waals surface area (Å²) >= 11 is 0. The fourth-order valence-corrected chi connectivity index (χ4v) is 2.55. The highest BCUT2D eigenvalue weighted by Gasteiger charge is 2.25. The quantitative estimate of drug-likeness (QED) is 0.378. The first-order valence-corrected chi connectivity index (χ1v) is 9.66. The lowest BCUT2D eigenvalue weighted by Gasteiger charge is -2.23. The van der Waals surface area contributed by atoms with Gasteiger partial charge in [0.05, 0.1) is 0 Å². The van der Waals surface area contributed by atoms with Gasteiger partial charge in [-0.25, -0.2) is 10.3 Å². The van der Waals surface area contributed by atoms with Crippen LogP contribution in [0.5, 0.6) is 5.75 Å². The van der Waals surface area contributed by atoms with Crippen molar-refractivity contribution in [3.63, 3.8) is 0 Å². The molecule has 0 aliphatic heterocycles. The Bertz CT molecular complexity index is 878. The molecule has 2 aromatic carbocycles. The average Bonchev–Trinajstić information content (AvgIpc) is 2.71. The van der Waals surface area contributed by atoms with E-state index in [2.05, 4.69) is 10.6 Å². The maximum atomic E-state index is 12.8. The molecule has 0 aliphatic rings. The molecule has 2 aromatic rings. The minimum Gasteiger partial charge on any atom is -0.484 e. The Morgan fingerprint density at radius 2 is 1.65 bits per heavy atom. The topological polar surface area (TPSA) is 126 Å². The molecule has 2 rings (SSSR count). The summed E-state index contributed by atoms with van der Waals surface area (Å²) in [5.41, 5.74) is 2.13. The highest BCUT2D eigenvalue weighted by Crippen LogP contribution is 2.15. The molecule has 3 amide bonds. The van der Waals surface area contributed by atoms with Crippen LogP contribution in [0.1, 0.15) is 26.3 Å². The Labute approximate surface area is 180 Å². The Morgan fingerprint density at radius 3 is 2.23 bits per heavy atom. The van der Waals surface area contributed by atoms with Gasteiger partial charge < -0.3 is 20.1 Å². The van der Waals surface area contributed by atoms with Gasteiger partial charge in [-0.3, -0.25) is 14.8 Å². The fourth-order valence-electron chi connectivity index (χ4n) is 2.55. The highest BCUT2D eigenvalue weighted by molar-refractivity contribution is 5.96. The van der Waals surface area contributed by atoms with Crippen molar-refractivity contribution >= 4 is 23.6 Å². The summed E-state index contributed by atoms with van der Waals surface area (Å²) < 4.78 is 10.5. The van der Waals surface area contributed by atoms with Crippen molar-refractivity contribution in [2.45, 2.75) is 38.8 Å². The van der Waals surface area contributed by atoms with Crippen molar-refractivity contribution in [3.05, 3.63) is 60.2 Å². The molecular formula is C22H27N3O6. The number of hydrogen-bond acceptors (Lipinski definition) is 6. The third-order valence-electron chi connectivity index (χ3n) is 3.91. The van der Waals surface area contributed by atoms with Crippen molar-refractivity contribution in [2.24, 2.45) is 0 Å². The molecule has 31 heavy (non-hydrogen) atoms. The molecule has 0 saturated heterocycles. The zero-order valence-corrected chi connectivity index (χ0v) is 17.7. The van der Waals surface area contributed by atoms with E-state index < -0.39 is 29.6 Å². The van der Waals surface area contributed by atoms with Crippen molar-refractivity contribution in [2.75, 3.05) is 11.9 Å². The number of hydrogen-bond donors (Lipinski definition) is 4. The second kappa shape index (κ2) is 11.0. The van der Waals surface area contributed by atoms with Crippen molar-refractivity contribution in [1.29, 1.82) is 0 Å². The lowest BCUT2D eigenvalue weighted by molar-refractivity contribution is -0.131. The predicted octanol–water partition coefficient (Wildman–Crippen LogP) is 2.65. The van der Waals surface area contributed by atoms with E-state index in [4.69, 9.17) is 14.7 Å². The molecular weight excluding hydrogens is 402 g/mol. The van der Waals surface area contributed by atoms with Crippen LogP contribution in [-0.2, 0) is 20.7 Å². The summed E-state index contributed by atoms with van der Waals surface area (Å²) in [4.78, 5) is 36.1. The molecule has 4 N–H and O–H groups in total. The van der Waals surface area contributed by atoms with Crippen molar-refractivity contribution in [3.8, 4) is 5.75 Å². The molecule has 0 fully saturated rings. The van der Waals surface area contributed by atoms with Crippen molar-refractivity contribution < 1.29 is 29.1 Å². The van der Waals surface area contributed by atoms with Crippen LogP contribution in [0.25, 0.3) is 0 Å². The Morgan fingerprint density at radius 1 is 1.00 bits per heavy atom. The first-order valence-electron chi connectivity index (χ1n) is 9.66. The summed E-state index contributed by atoms with van der Waals surface area (Å²) in [6.07, 6.45) is -0.495. The van der Waals surface area contributed by atoms with Gasteiger partial charge in [0, 0.05) is 12.1 Å². The number of nitrogens with one attached hydrogen (secondary N) is 3.